The molecule has 0 aliphatic carbocycles. The molecule has 0 atom stereocenters. The zero-order chi connectivity index (χ0) is 18.4. The standard InChI is InChI=1S/C18H15F3O4/c19-18(20,21)8-1-9-25-14-6-7-15(17(23)24)16(10-14)13-4-2-12(11-22)3-5-13/h2-7,10-11H,1,8-9H2,(H,23,24)/p-1. The second-order valence-corrected chi connectivity index (χ2v) is 5.30. The van der Waals surface area contributed by atoms with Crippen molar-refractivity contribution >= 4 is 12.3 Å². The van der Waals surface area contributed by atoms with Gasteiger partial charge < -0.3 is 14.6 Å². The van der Waals surface area contributed by atoms with Crippen molar-refractivity contribution in [3.63, 3.8) is 0 Å². The van der Waals surface area contributed by atoms with Crippen LogP contribution in [0, 0.1) is 0 Å². The summed E-state index contributed by atoms with van der Waals surface area (Å²) in [7, 11) is 0. The van der Waals surface area contributed by atoms with Crippen LogP contribution in [-0.2, 0) is 0 Å². The zero-order valence-electron chi connectivity index (χ0n) is 13.0. The van der Waals surface area contributed by atoms with Gasteiger partial charge in [-0.3, -0.25) is 4.79 Å². The first-order valence-corrected chi connectivity index (χ1v) is 7.41. The molecule has 2 aromatic carbocycles. The summed E-state index contributed by atoms with van der Waals surface area (Å²) in [6.07, 6.45) is -4.74. The summed E-state index contributed by atoms with van der Waals surface area (Å²) in [6.45, 7) is -0.145. The smallest absolute Gasteiger partial charge is 0.389 e. The third-order valence-corrected chi connectivity index (χ3v) is 3.44. The molecule has 0 aromatic heterocycles. The Bertz CT molecular complexity index is 752. The van der Waals surface area contributed by atoms with Gasteiger partial charge in [-0.15, -0.1) is 0 Å². The summed E-state index contributed by atoms with van der Waals surface area (Å²) in [5, 5.41) is 11.3. The van der Waals surface area contributed by atoms with E-state index < -0.39 is 18.6 Å². The normalized spacial score (nSPS) is 11.2. The van der Waals surface area contributed by atoms with Crippen molar-refractivity contribution in [1.82, 2.24) is 0 Å². The van der Waals surface area contributed by atoms with Crippen molar-refractivity contribution in [3.05, 3.63) is 53.6 Å². The molecule has 2 rings (SSSR count). The molecule has 0 spiro atoms. The van der Waals surface area contributed by atoms with E-state index in [1.807, 2.05) is 0 Å². The summed E-state index contributed by atoms with van der Waals surface area (Å²) in [5.74, 6) is -1.14. The fraction of sp³-hybridized carbons (Fsp3) is 0.222. The number of aldehydes is 1. The van der Waals surface area contributed by atoms with Crippen LogP contribution in [0.1, 0.15) is 33.6 Å². The number of halogens is 3. The highest BCUT2D eigenvalue weighted by Gasteiger charge is 2.26. The number of hydrogen-bond donors (Lipinski definition) is 0. The number of rotatable bonds is 7. The average molecular weight is 351 g/mol. The maximum atomic E-state index is 12.1. The molecule has 0 unspecified atom stereocenters. The predicted molar refractivity (Wildman–Crippen MR) is 82.4 cm³/mol. The van der Waals surface area contributed by atoms with Gasteiger partial charge in [0, 0.05) is 17.5 Å². The molecular weight excluding hydrogens is 337 g/mol. The largest absolute Gasteiger partial charge is 0.545 e. The Morgan fingerprint density at radius 2 is 1.80 bits per heavy atom. The van der Waals surface area contributed by atoms with Gasteiger partial charge in [-0.05, 0) is 35.7 Å². The van der Waals surface area contributed by atoms with Gasteiger partial charge >= 0.3 is 6.18 Å². The van der Waals surface area contributed by atoms with Crippen molar-refractivity contribution in [2.75, 3.05) is 6.61 Å². The van der Waals surface area contributed by atoms with Crippen molar-refractivity contribution < 1.29 is 32.6 Å². The van der Waals surface area contributed by atoms with Crippen LogP contribution in [0.4, 0.5) is 13.2 Å². The Labute approximate surface area is 141 Å². The van der Waals surface area contributed by atoms with E-state index >= 15 is 0 Å². The lowest BCUT2D eigenvalue weighted by molar-refractivity contribution is -0.254. The highest BCUT2D eigenvalue weighted by Crippen LogP contribution is 2.29. The summed E-state index contributed by atoms with van der Waals surface area (Å²) in [4.78, 5) is 22.0. The Morgan fingerprint density at radius 1 is 1.12 bits per heavy atom. The van der Waals surface area contributed by atoms with E-state index in [1.54, 1.807) is 12.1 Å². The van der Waals surface area contributed by atoms with Gasteiger partial charge in [0.2, 0.25) is 0 Å². The van der Waals surface area contributed by atoms with E-state index in [2.05, 4.69) is 0 Å². The van der Waals surface area contributed by atoms with Gasteiger partial charge in [0.05, 0.1) is 12.6 Å². The molecule has 4 nitrogen and oxygen atoms in total. The molecule has 132 valence electrons. The Morgan fingerprint density at radius 3 is 2.36 bits per heavy atom. The summed E-state index contributed by atoms with van der Waals surface area (Å²) in [5.41, 5.74) is 1.16. The summed E-state index contributed by atoms with van der Waals surface area (Å²) in [6, 6.07) is 10.3. The number of carbonyl (C=O) groups is 2. The van der Waals surface area contributed by atoms with Gasteiger partial charge in [-0.1, -0.05) is 24.3 Å². The van der Waals surface area contributed by atoms with E-state index in [0.717, 1.165) is 0 Å². The van der Waals surface area contributed by atoms with Crippen LogP contribution < -0.4 is 9.84 Å². The van der Waals surface area contributed by atoms with Crippen molar-refractivity contribution in [3.8, 4) is 16.9 Å². The molecule has 0 heterocycles. The van der Waals surface area contributed by atoms with Gasteiger partial charge in [-0.25, -0.2) is 0 Å². The first-order valence-electron chi connectivity index (χ1n) is 7.41. The summed E-state index contributed by atoms with van der Waals surface area (Å²) < 4.78 is 41.6. The van der Waals surface area contributed by atoms with E-state index in [9.17, 15) is 27.9 Å². The Balaban J connectivity index is 2.21. The molecule has 0 radical (unpaired) electrons. The molecule has 0 amide bonds. The second-order valence-electron chi connectivity index (χ2n) is 5.30. The third kappa shape index (κ3) is 5.34. The lowest BCUT2D eigenvalue weighted by Gasteiger charge is -2.14. The number of carbonyl (C=O) groups excluding carboxylic acids is 2. The summed E-state index contributed by atoms with van der Waals surface area (Å²) >= 11 is 0. The topological polar surface area (TPSA) is 66.4 Å². The average Bonchev–Trinajstić information content (AvgIpc) is 2.57. The van der Waals surface area contributed by atoms with Crippen LogP contribution >= 0.6 is 0 Å². The number of ether oxygens (including phenoxy) is 1. The lowest BCUT2D eigenvalue weighted by atomic mass is 9.98. The number of carboxylic acids is 1. The zero-order valence-corrected chi connectivity index (χ0v) is 13.0. The third-order valence-electron chi connectivity index (χ3n) is 3.44. The minimum atomic E-state index is -4.24. The highest BCUT2D eigenvalue weighted by molar-refractivity contribution is 5.95. The van der Waals surface area contributed by atoms with Gasteiger partial charge in [0.25, 0.3) is 0 Å². The molecule has 7 heteroatoms. The SMILES string of the molecule is O=Cc1ccc(-c2cc(OCCCC(F)(F)F)ccc2C(=O)[O-])cc1. The van der Waals surface area contributed by atoms with Crippen LogP contribution in [0.25, 0.3) is 11.1 Å². The maximum absolute atomic E-state index is 12.1. The number of alkyl halides is 3. The number of carboxylic acid groups (broad SMARTS) is 1. The number of benzene rings is 2. The van der Waals surface area contributed by atoms with Crippen LogP contribution in [-0.4, -0.2) is 25.0 Å². The minimum Gasteiger partial charge on any atom is -0.545 e. The fourth-order valence-electron chi connectivity index (χ4n) is 2.23. The first-order chi connectivity index (χ1) is 11.8. The van der Waals surface area contributed by atoms with Crippen LogP contribution in [0.15, 0.2) is 42.5 Å². The van der Waals surface area contributed by atoms with Crippen molar-refractivity contribution in [1.29, 1.82) is 0 Å². The molecule has 0 saturated carbocycles. The van der Waals surface area contributed by atoms with Crippen molar-refractivity contribution in [2.24, 2.45) is 0 Å². The first kappa shape index (κ1) is 18.5. The molecule has 0 aliphatic heterocycles. The molecule has 0 bridgehead atoms. The van der Waals surface area contributed by atoms with Crippen LogP contribution in [0.2, 0.25) is 0 Å². The second kappa shape index (κ2) is 7.83. The fourth-order valence-corrected chi connectivity index (χ4v) is 2.23. The van der Waals surface area contributed by atoms with Gasteiger partial charge in [0.1, 0.15) is 12.0 Å². The van der Waals surface area contributed by atoms with Crippen LogP contribution in [0.5, 0.6) is 5.75 Å². The van der Waals surface area contributed by atoms with Crippen LogP contribution in [0.3, 0.4) is 0 Å². The molecule has 0 saturated heterocycles. The van der Waals surface area contributed by atoms with E-state index in [4.69, 9.17) is 4.74 Å². The predicted octanol–water partition coefficient (Wildman–Crippen LogP) is 3.25. The molecule has 25 heavy (non-hydrogen) atoms. The highest BCUT2D eigenvalue weighted by atomic mass is 19.4. The Kier molecular flexibility index (Phi) is 5.80. The van der Waals surface area contributed by atoms with Gasteiger partial charge in [-0.2, -0.15) is 13.2 Å². The van der Waals surface area contributed by atoms with E-state index in [-0.39, 0.29) is 24.3 Å². The molecule has 2 aromatic rings. The molecule has 0 fully saturated rings. The minimum absolute atomic E-state index is 0.0819. The monoisotopic (exact) mass is 351 g/mol. The molecule has 0 N–H and O–H groups in total. The maximum Gasteiger partial charge on any atom is 0.389 e. The van der Waals surface area contributed by atoms with Gasteiger partial charge in [0.15, 0.2) is 0 Å². The quantitative estimate of drug-likeness (QED) is 0.567. The number of hydrogen-bond acceptors (Lipinski definition) is 4. The lowest BCUT2D eigenvalue weighted by Crippen LogP contribution is -2.23. The van der Waals surface area contributed by atoms with E-state index in [0.29, 0.717) is 23.0 Å². The number of aromatic carboxylic acids is 1. The Hall–Kier alpha value is -2.83. The molecule has 0 aliphatic rings. The van der Waals surface area contributed by atoms with Crippen molar-refractivity contribution in [2.45, 2.75) is 19.0 Å². The van der Waals surface area contributed by atoms with E-state index in [1.165, 1.54) is 30.3 Å². The molecular formula is C18H14F3O4-.